The average Bonchev–Trinajstić information content (AvgIpc) is 3.99. The first kappa shape index (κ1) is 36.0. The fraction of sp³-hybridized carbons (Fsp3) is 0.0182. The third-order valence-electron chi connectivity index (χ3n) is 12.1. The fourth-order valence-corrected chi connectivity index (χ4v) is 9.63. The Balaban J connectivity index is 0.00000408. The summed E-state index contributed by atoms with van der Waals surface area (Å²) in [5.41, 5.74) is 16.3. The van der Waals surface area contributed by atoms with Gasteiger partial charge in [0, 0.05) is 17.4 Å². The van der Waals surface area contributed by atoms with Crippen LogP contribution < -0.4 is 4.98 Å². The molecule has 0 fully saturated rings. The quantitative estimate of drug-likeness (QED) is 0.156. The largest absolute Gasteiger partial charge is 2.00 e. The smallest absolute Gasteiger partial charge is 0.656 e. The van der Waals surface area contributed by atoms with Crippen molar-refractivity contribution in [1.29, 1.82) is 0 Å². The standard InChI is InChI=1S/C55H34N4.Pt/c1-3-17-36(18-4-1)40-32-33-45(53-51(40)44-25-9-12-29-48(44)57-53)54-58-52-41(26-16-30-49(52)59(54)39-21-5-2-6-22-39)37-19-15-20-38(35-37)55(50-31-13-14-34-56-50)46-27-10-7-23-42(46)43-24-8-11-28-47(43)55;/h1-34H;/q-2;+2. The van der Waals surface area contributed by atoms with E-state index in [0.29, 0.717) is 0 Å². The Kier molecular flexibility index (Phi) is 8.58. The number of hydrogen-bond donors (Lipinski definition) is 0. The molecule has 0 saturated heterocycles. The maximum absolute atomic E-state index is 5.62. The molecule has 0 saturated carbocycles. The van der Waals surface area contributed by atoms with Crippen molar-refractivity contribution in [3.63, 3.8) is 0 Å². The van der Waals surface area contributed by atoms with Crippen molar-refractivity contribution < 1.29 is 21.1 Å². The number of aromatic nitrogens is 4. The van der Waals surface area contributed by atoms with Gasteiger partial charge in [-0.3, -0.25) is 9.55 Å². The molecule has 0 unspecified atom stereocenters. The zero-order valence-electron chi connectivity index (χ0n) is 32.2. The Bertz CT molecular complexity index is 3340. The number of para-hydroxylation sites is 3. The van der Waals surface area contributed by atoms with Crippen LogP contribution in [0.25, 0.3) is 83.3 Å². The molecule has 3 aromatic heterocycles. The second kappa shape index (κ2) is 14.3. The van der Waals surface area contributed by atoms with Crippen LogP contribution in [0.15, 0.2) is 206 Å². The number of pyridine rings is 1. The molecule has 3 heterocycles. The van der Waals surface area contributed by atoms with Crippen molar-refractivity contribution in [3.8, 4) is 50.5 Å². The van der Waals surface area contributed by atoms with Crippen LogP contribution >= 0.6 is 0 Å². The van der Waals surface area contributed by atoms with Gasteiger partial charge in [-0.2, -0.15) is 0 Å². The monoisotopic (exact) mass is 945 g/mol. The van der Waals surface area contributed by atoms with Crippen LogP contribution in [-0.2, 0) is 26.5 Å². The molecule has 11 aromatic rings. The third kappa shape index (κ3) is 5.27. The summed E-state index contributed by atoms with van der Waals surface area (Å²) in [5.74, 6) is 0.839. The van der Waals surface area contributed by atoms with Gasteiger partial charge in [0.1, 0.15) is 5.82 Å². The van der Waals surface area contributed by atoms with Crippen molar-refractivity contribution in [2.24, 2.45) is 0 Å². The Hall–Kier alpha value is -7.13. The third-order valence-corrected chi connectivity index (χ3v) is 12.1. The van der Waals surface area contributed by atoms with E-state index in [1.165, 1.54) is 22.3 Å². The van der Waals surface area contributed by atoms with Crippen molar-refractivity contribution in [2.45, 2.75) is 5.41 Å². The Morgan fingerprint density at radius 3 is 1.93 bits per heavy atom. The molecule has 0 amide bonds. The van der Waals surface area contributed by atoms with Gasteiger partial charge in [0.2, 0.25) is 0 Å². The zero-order chi connectivity index (χ0) is 38.9. The molecule has 0 N–H and O–H groups in total. The maximum atomic E-state index is 5.62. The average molecular weight is 946 g/mol. The zero-order valence-corrected chi connectivity index (χ0v) is 34.5. The molecule has 0 aliphatic heterocycles. The minimum Gasteiger partial charge on any atom is -0.656 e. The number of benzene rings is 8. The predicted octanol–water partition coefficient (Wildman–Crippen LogP) is 12.8. The maximum Gasteiger partial charge on any atom is 2.00 e. The minimum absolute atomic E-state index is 0. The molecule has 1 aliphatic rings. The molecule has 0 bridgehead atoms. The van der Waals surface area contributed by atoms with Crippen LogP contribution in [-0.4, -0.2) is 14.5 Å². The summed E-state index contributed by atoms with van der Waals surface area (Å²) >= 11 is 0. The molecule has 0 atom stereocenters. The Morgan fingerprint density at radius 2 is 1.17 bits per heavy atom. The molecule has 60 heavy (non-hydrogen) atoms. The van der Waals surface area contributed by atoms with Gasteiger partial charge in [-0.15, -0.1) is 46.4 Å². The molecule has 0 spiro atoms. The molecule has 0 radical (unpaired) electrons. The predicted molar refractivity (Wildman–Crippen MR) is 240 cm³/mol. The number of hydrogen-bond acceptors (Lipinski definition) is 2. The number of fused-ring (bicyclic) bond motifs is 7. The van der Waals surface area contributed by atoms with Crippen LogP contribution in [0.4, 0.5) is 0 Å². The van der Waals surface area contributed by atoms with E-state index in [2.05, 4.69) is 205 Å². The fourth-order valence-electron chi connectivity index (χ4n) is 9.63. The van der Waals surface area contributed by atoms with Crippen molar-refractivity contribution >= 4 is 32.8 Å². The second-order valence-corrected chi connectivity index (χ2v) is 15.2. The summed E-state index contributed by atoms with van der Waals surface area (Å²) in [5, 5.41) is 2.27. The van der Waals surface area contributed by atoms with Gasteiger partial charge < -0.3 is 4.98 Å². The van der Waals surface area contributed by atoms with Gasteiger partial charge in [-0.05, 0) is 74.5 Å². The van der Waals surface area contributed by atoms with E-state index >= 15 is 0 Å². The van der Waals surface area contributed by atoms with Crippen LogP contribution in [0.2, 0.25) is 0 Å². The van der Waals surface area contributed by atoms with E-state index in [-0.39, 0.29) is 21.1 Å². The van der Waals surface area contributed by atoms with Crippen LogP contribution in [0.3, 0.4) is 0 Å². The van der Waals surface area contributed by atoms with Gasteiger partial charge in [-0.25, -0.2) is 4.98 Å². The molecule has 284 valence electrons. The first-order valence-electron chi connectivity index (χ1n) is 20.0. The minimum atomic E-state index is -0.662. The van der Waals surface area contributed by atoms with E-state index in [1.54, 1.807) is 0 Å². The van der Waals surface area contributed by atoms with Crippen LogP contribution in [0.5, 0.6) is 0 Å². The first-order chi connectivity index (χ1) is 29.3. The van der Waals surface area contributed by atoms with Crippen LogP contribution in [0, 0.1) is 6.07 Å². The normalized spacial score (nSPS) is 12.7. The second-order valence-electron chi connectivity index (χ2n) is 15.2. The Labute approximate surface area is 362 Å². The topological polar surface area (TPSA) is 44.8 Å². The van der Waals surface area contributed by atoms with E-state index < -0.39 is 5.41 Å². The van der Waals surface area contributed by atoms with Gasteiger partial charge >= 0.3 is 21.1 Å². The van der Waals surface area contributed by atoms with E-state index in [9.17, 15) is 0 Å². The van der Waals surface area contributed by atoms with Gasteiger partial charge in [0.25, 0.3) is 0 Å². The summed E-state index contributed by atoms with van der Waals surface area (Å²) in [6.45, 7) is 0. The molecule has 12 rings (SSSR count). The molecular formula is C55H34N4Pt. The van der Waals surface area contributed by atoms with Crippen molar-refractivity contribution in [3.05, 3.63) is 235 Å². The summed E-state index contributed by atoms with van der Waals surface area (Å²) in [4.78, 5) is 16.0. The van der Waals surface area contributed by atoms with Crippen LogP contribution in [0.1, 0.15) is 22.4 Å². The molecular weight excluding hydrogens is 912 g/mol. The number of nitrogens with zero attached hydrogens (tertiary/aromatic N) is 4. The van der Waals surface area contributed by atoms with Gasteiger partial charge in [0.05, 0.1) is 22.1 Å². The van der Waals surface area contributed by atoms with E-state index in [0.717, 1.165) is 83.4 Å². The van der Waals surface area contributed by atoms with E-state index in [1.807, 2.05) is 12.3 Å². The van der Waals surface area contributed by atoms with Crippen molar-refractivity contribution in [1.82, 2.24) is 19.5 Å². The number of rotatable bonds is 6. The van der Waals surface area contributed by atoms with Crippen molar-refractivity contribution in [2.75, 3.05) is 0 Å². The molecule has 8 aromatic carbocycles. The SMILES string of the molecule is [Pt+2].[c-]1c(-c2cccc3c2nc(-c2ccc(-c4ccccc4)c4c2[n-]c2ccccc24)n3-c2ccccc2)cccc1C1(c2ccccn2)c2ccccc2-c2ccccc21. The molecule has 4 nitrogen and oxygen atoms in total. The first-order valence-corrected chi connectivity index (χ1v) is 20.0. The summed E-state index contributed by atoms with van der Waals surface area (Å²) < 4.78 is 2.29. The van der Waals surface area contributed by atoms with E-state index in [4.69, 9.17) is 15.0 Å². The van der Waals surface area contributed by atoms with Gasteiger partial charge in [-0.1, -0.05) is 157 Å². The number of imidazole rings is 1. The summed E-state index contributed by atoms with van der Waals surface area (Å²) in [6.07, 6.45) is 1.90. The molecule has 1 aliphatic carbocycles. The Morgan fingerprint density at radius 1 is 0.517 bits per heavy atom. The van der Waals surface area contributed by atoms with Gasteiger partial charge in [0.15, 0.2) is 0 Å². The molecule has 5 heteroatoms. The summed E-state index contributed by atoms with van der Waals surface area (Å²) in [6, 6.07) is 74.8. The summed E-state index contributed by atoms with van der Waals surface area (Å²) in [7, 11) is 0.